The van der Waals surface area contributed by atoms with Gasteiger partial charge < -0.3 is 19.8 Å². The molecule has 0 radical (unpaired) electrons. The van der Waals surface area contributed by atoms with Crippen LogP contribution in [-0.4, -0.2) is 41.6 Å². The number of aliphatic hydroxyl groups excluding tert-OH is 2. The second-order valence-electron chi connectivity index (χ2n) is 4.90. The van der Waals surface area contributed by atoms with E-state index in [2.05, 4.69) is 9.72 Å². The minimum absolute atomic E-state index is 0.168. The molecule has 128 valence electrons. The van der Waals surface area contributed by atoms with Crippen LogP contribution in [0.4, 0.5) is 5.69 Å². The number of para-hydroxylation sites is 1. The Morgan fingerprint density at radius 3 is 2.71 bits per heavy atom. The standard InChI is InChI=1S/C16H16Cl2N2O4/c1-24-14(22)8-20(9-21)13-5-3-2-4-11(13)16(23)15-12(18)6-10(17)7-19-15/h2-7,16,21,23H,8-9H2,1H3. The number of aliphatic hydroxyl groups is 2. The fraction of sp³-hybridized carbons (Fsp3) is 0.250. The van der Waals surface area contributed by atoms with Crippen molar-refractivity contribution in [2.45, 2.75) is 6.10 Å². The van der Waals surface area contributed by atoms with Gasteiger partial charge in [-0.15, -0.1) is 0 Å². The highest BCUT2D eigenvalue weighted by atomic mass is 35.5. The van der Waals surface area contributed by atoms with Gasteiger partial charge in [0, 0.05) is 17.4 Å². The number of benzene rings is 1. The summed E-state index contributed by atoms with van der Waals surface area (Å²) in [4.78, 5) is 17.0. The largest absolute Gasteiger partial charge is 0.468 e. The number of nitrogens with zero attached hydrogens (tertiary/aromatic N) is 2. The summed E-state index contributed by atoms with van der Waals surface area (Å²) < 4.78 is 4.62. The van der Waals surface area contributed by atoms with Crippen molar-refractivity contribution in [3.8, 4) is 0 Å². The Bertz CT molecular complexity index is 727. The molecule has 2 N–H and O–H groups in total. The van der Waals surface area contributed by atoms with E-state index in [1.54, 1.807) is 24.3 Å². The van der Waals surface area contributed by atoms with Crippen LogP contribution in [0.3, 0.4) is 0 Å². The summed E-state index contributed by atoms with van der Waals surface area (Å²) in [7, 11) is 1.26. The van der Waals surface area contributed by atoms with Crippen LogP contribution in [-0.2, 0) is 9.53 Å². The molecule has 2 rings (SSSR count). The predicted molar refractivity (Wildman–Crippen MR) is 91.2 cm³/mol. The Balaban J connectivity index is 2.41. The Labute approximate surface area is 149 Å². The summed E-state index contributed by atoms with van der Waals surface area (Å²) in [6.45, 7) is -0.598. The van der Waals surface area contributed by atoms with Gasteiger partial charge in [0.05, 0.1) is 22.8 Å². The van der Waals surface area contributed by atoms with Crippen molar-refractivity contribution < 1.29 is 19.7 Å². The molecule has 0 saturated heterocycles. The summed E-state index contributed by atoms with van der Waals surface area (Å²) in [5.41, 5.74) is 1.13. The highest BCUT2D eigenvalue weighted by molar-refractivity contribution is 6.34. The number of hydrogen-bond donors (Lipinski definition) is 2. The molecule has 1 heterocycles. The van der Waals surface area contributed by atoms with Crippen LogP contribution >= 0.6 is 23.2 Å². The second kappa shape index (κ2) is 8.30. The van der Waals surface area contributed by atoms with Gasteiger partial charge in [0.2, 0.25) is 0 Å². The summed E-state index contributed by atoms with van der Waals surface area (Å²) >= 11 is 11.9. The third kappa shape index (κ3) is 4.15. The van der Waals surface area contributed by atoms with Crippen LogP contribution in [0, 0.1) is 0 Å². The van der Waals surface area contributed by atoms with Gasteiger partial charge in [0.25, 0.3) is 0 Å². The zero-order chi connectivity index (χ0) is 17.7. The molecular weight excluding hydrogens is 355 g/mol. The molecule has 0 bridgehead atoms. The van der Waals surface area contributed by atoms with E-state index in [4.69, 9.17) is 23.2 Å². The number of rotatable bonds is 6. The number of pyridine rings is 1. The quantitative estimate of drug-likeness (QED) is 0.600. The first-order valence-corrected chi connectivity index (χ1v) is 7.74. The third-order valence-corrected chi connectivity index (χ3v) is 3.90. The van der Waals surface area contributed by atoms with Crippen molar-refractivity contribution in [2.75, 3.05) is 25.3 Å². The lowest BCUT2D eigenvalue weighted by Gasteiger charge is -2.25. The minimum Gasteiger partial charge on any atom is -0.468 e. The Morgan fingerprint density at radius 1 is 1.38 bits per heavy atom. The van der Waals surface area contributed by atoms with E-state index < -0.39 is 18.8 Å². The number of anilines is 1. The molecule has 0 amide bonds. The summed E-state index contributed by atoms with van der Waals surface area (Å²) in [6.07, 6.45) is 0.227. The monoisotopic (exact) mass is 370 g/mol. The molecule has 24 heavy (non-hydrogen) atoms. The van der Waals surface area contributed by atoms with Gasteiger partial charge >= 0.3 is 5.97 Å². The van der Waals surface area contributed by atoms with Crippen molar-refractivity contribution in [3.63, 3.8) is 0 Å². The van der Waals surface area contributed by atoms with Crippen LogP contribution in [0.1, 0.15) is 17.4 Å². The summed E-state index contributed by atoms with van der Waals surface area (Å²) in [5.74, 6) is -0.518. The van der Waals surface area contributed by atoms with Crippen LogP contribution in [0.5, 0.6) is 0 Å². The first-order chi connectivity index (χ1) is 11.5. The molecule has 2 aromatic rings. The molecule has 0 spiro atoms. The fourth-order valence-electron chi connectivity index (χ4n) is 2.21. The maximum atomic E-state index is 11.5. The van der Waals surface area contributed by atoms with Gasteiger partial charge in [-0.2, -0.15) is 0 Å². The van der Waals surface area contributed by atoms with E-state index in [9.17, 15) is 15.0 Å². The highest BCUT2D eigenvalue weighted by Gasteiger charge is 2.22. The molecule has 8 heteroatoms. The molecule has 1 aromatic carbocycles. The Hall–Kier alpha value is -1.86. The van der Waals surface area contributed by atoms with E-state index in [0.717, 1.165) is 0 Å². The number of methoxy groups -OCH3 is 1. The second-order valence-corrected chi connectivity index (χ2v) is 5.74. The lowest BCUT2D eigenvalue weighted by molar-refractivity contribution is -0.139. The van der Waals surface area contributed by atoms with Gasteiger partial charge in [0.1, 0.15) is 19.4 Å². The number of esters is 1. The van der Waals surface area contributed by atoms with Gasteiger partial charge in [-0.1, -0.05) is 41.4 Å². The van der Waals surface area contributed by atoms with E-state index in [1.807, 2.05) is 0 Å². The van der Waals surface area contributed by atoms with Gasteiger partial charge in [0.15, 0.2) is 0 Å². The molecule has 0 aliphatic rings. The molecule has 6 nitrogen and oxygen atoms in total. The number of aromatic nitrogens is 1. The maximum Gasteiger partial charge on any atom is 0.325 e. The zero-order valence-corrected chi connectivity index (χ0v) is 14.3. The smallest absolute Gasteiger partial charge is 0.325 e. The minimum atomic E-state index is -1.15. The van der Waals surface area contributed by atoms with Crippen molar-refractivity contribution in [1.29, 1.82) is 0 Å². The number of halogens is 2. The SMILES string of the molecule is COC(=O)CN(CO)c1ccccc1C(O)c1ncc(Cl)cc1Cl. The van der Waals surface area contributed by atoms with Crippen LogP contribution in [0.2, 0.25) is 10.0 Å². The van der Waals surface area contributed by atoms with E-state index in [-0.39, 0.29) is 17.3 Å². The molecular formula is C16H16Cl2N2O4. The van der Waals surface area contributed by atoms with E-state index >= 15 is 0 Å². The van der Waals surface area contributed by atoms with Crippen LogP contribution < -0.4 is 4.90 Å². The topological polar surface area (TPSA) is 82.9 Å². The third-order valence-electron chi connectivity index (χ3n) is 3.39. The van der Waals surface area contributed by atoms with Crippen molar-refractivity contribution in [2.24, 2.45) is 0 Å². The van der Waals surface area contributed by atoms with Gasteiger partial charge in [-0.05, 0) is 12.1 Å². The van der Waals surface area contributed by atoms with Crippen LogP contribution in [0.25, 0.3) is 0 Å². The predicted octanol–water partition coefficient (Wildman–Crippen LogP) is 2.40. The molecule has 1 aromatic heterocycles. The van der Waals surface area contributed by atoms with Crippen molar-refractivity contribution >= 4 is 34.9 Å². The van der Waals surface area contributed by atoms with Crippen LogP contribution in [0.15, 0.2) is 36.5 Å². The molecule has 1 atom stereocenters. The average molecular weight is 371 g/mol. The fourth-order valence-corrected chi connectivity index (χ4v) is 2.70. The summed E-state index contributed by atoms with van der Waals surface area (Å²) in [6, 6.07) is 8.26. The Kier molecular flexibility index (Phi) is 6.39. The number of carbonyl (C=O) groups is 1. The molecule has 0 saturated carbocycles. The molecule has 0 aliphatic heterocycles. The van der Waals surface area contributed by atoms with E-state index in [0.29, 0.717) is 16.3 Å². The number of hydrogen-bond acceptors (Lipinski definition) is 6. The summed E-state index contributed by atoms with van der Waals surface area (Å²) in [5, 5.41) is 20.8. The number of ether oxygens (including phenoxy) is 1. The molecule has 0 aliphatic carbocycles. The van der Waals surface area contributed by atoms with Gasteiger partial charge in [-0.3, -0.25) is 9.78 Å². The Morgan fingerprint density at radius 2 is 2.08 bits per heavy atom. The average Bonchev–Trinajstić information content (AvgIpc) is 2.59. The normalized spacial score (nSPS) is 11.9. The highest BCUT2D eigenvalue weighted by Crippen LogP contribution is 2.33. The van der Waals surface area contributed by atoms with Crippen molar-refractivity contribution in [3.05, 3.63) is 57.8 Å². The molecule has 1 unspecified atom stereocenters. The maximum absolute atomic E-state index is 11.5. The van der Waals surface area contributed by atoms with E-state index in [1.165, 1.54) is 24.3 Å². The van der Waals surface area contributed by atoms with Gasteiger partial charge in [-0.25, -0.2) is 0 Å². The van der Waals surface area contributed by atoms with Crippen molar-refractivity contribution in [1.82, 2.24) is 4.98 Å². The first-order valence-electron chi connectivity index (χ1n) is 6.98. The first kappa shape index (κ1) is 18.5. The number of carbonyl (C=O) groups excluding carboxylic acids is 1. The molecule has 0 fully saturated rings. The lowest BCUT2D eigenvalue weighted by atomic mass is 10.0. The zero-order valence-electron chi connectivity index (χ0n) is 12.8. The lowest BCUT2D eigenvalue weighted by Crippen LogP contribution is -2.32.